The quantitative estimate of drug-likeness (QED) is 0.902. The number of para-hydroxylation sites is 2. The number of carbonyl (C=O) groups excluding carboxylic acids is 1. The lowest BCUT2D eigenvalue weighted by molar-refractivity contribution is 0.123. The summed E-state index contributed by atoms with van der Waals surface area (Å²) in [7, 11) is 0. The van der Waals surface area contributed by atoms with Gasteiger partial charge in [-0.25, -0.2) is 4.79 Å². The van der Waals surface area contributed by atoms with Crippen molar-refractivity contribution in [2.45, 2.75) is 6.42 Å². The second kappa shape index (κ2) is 7.03. The molecule has 25 heavy (non-hydrogen) atoms. The molecule has 2 aromatic carbocycles. The predicted molar refractivity (Wildman–Crippen MR) is 97.8 cm³/mol. The van der Waals surface area contributed by atoms with Gasteiger partial charge in [-0.2, -0.15) is 0 Å². The summed E-state index contributed by atoms with van der Waals surface area (Å²) in [5, 5.41) is 5.86. The molecule has 130 valence electrons. The fourth-order valence-corrected chi connectivity index (χ4v) is 3.21. The van der Waals surface area contributed by atoms with Crippen molar-refractivity contribution in [3.8, 4) is 5.75 Å². The number of urea groups is 1. The van der Waals surface area contributed by atoms with Crippen molar-refractivity contribution in [3.63, 3.8) is 0 Å². The Balaban J connectivity index is 1.46. The van der Waals surface area contributed by atoms with Gasteiger partial charge < -0.3 is 25.0 Å². The molecule has 2 amide bonds. The van der Waals surface area contributed by atoms with Crippen LogP contribution >= 0.6 is 0 Å². The molecule has 0 atom stereocenters. The molecule has 6 nitrogen and oxygen atoms in total. The van der Waals surface area contributed by atoms with E-state index in [1.807, 2.05) is 42.5 Å². The molecule has 2 aliphatic heterocycles. The van der Waals surface area contributed by atoms with Gasteiger partial charge in [-0.15, -0.1) is 0 Å². The molecule has 0 unspecified atom stereocenters. The Morgan fingerprint density at radius 2 is 1.84 bits per heavy atom. The van der Waals surface area contributed by atoms with E-state index in [0.717, 1.165) is 47.9 Å². The van der Waals surface area contributed by atoms with Crippen LogP contribution in [0.2, 0.25) is 0 Å². The maximum absolute atomic E-state index is 12.4. The summed E-state index contributed by atoms with van der Waals surface area (Å²) in [5.74, 6) is 0.906. The summed E-state index contributed by atoms with van der Waals surface area (Å²) < 4.78 is 10.9. The number of hydrogen-bond acceptors (Lipinski definition) is 4. The third-order valence-electron chi connectivity index (χ3n) is 4.45. The third-order valence-corrected chi connectivity index (χ3v) is 4.45. The molecule has 2 aromatic rings. The maximum atomic E-state index is 12.4. The van der Waals surface area contributed by atoms with Crippen molar-refractivity contribution in [1.82, 2.24) is 0 Å². The van der Waals surface area contributed by atoms with Crippen molar-refractivity contribution in [2.75, 3.05) is 48.4 Å². The molecular weight excluding hydrogens is 318 g/mol. The third kappa shape index (κ3) is 3.53. The van der Waals surface area contributed by atoms with Crippen LogP contribution in [-0.4, -0.2) is 38.9 Å². The van der Waals surface area contributed by atoms with Gasteiger partial charge in [-0.05, 0) is 35.9 Å². The van der Waals surface area contributed by atoms with Gasteiger partial charge in [0.25, 0.3) is 0 Å². The van der Waals surface area contributed by atoms with Crippen molar-refractivity contribution in [2.24, 2.45) is 0 Å². The Morgan fingerprint density at radius 3 is 2.72 bits per heavy atom. The summed E-state index contributed by atoms with van der Waals surface area (Å²) in [4.78, 5) is 14.6. The first kappa shape index (κ1) is 15.8. The minimum Gasteiger partial charge on any atom is -0.493 e. The second-order valence-corrected chi connectivity index (χ2v) is 6.12. The minimum absolute atomic E-state index is 0.250. The van der Waals surface area contributed by atoms with E-state index in [2.05, 4.69) is 15.5 Å². The smallest absolute Gasteiger partial charge is 0.323 e. The second-order valence-electron chi connectivity index (χ2n) is 6.12. The number of fused-ring (bicyclic) bond motifs is 1. The molecule has 0 spiro atoms. The van der Waals surface area contributed by atoms with E-state index in [9.17, 15) is 4.79 Å². The summed E-state index contributed by atoms with van der Waals surface area (Å²) in [6, 6.07) is 13.3. The highest BCUT2D eigenvalue weighted by Gasteiger charge is 2.16. The normalized spacial score (nSPS) is 16.1. The van der Waals surface area contributed by atoms with E-state index in [4.69, 9.17) is 9.47 Å². The number of amides is 2. The number of benzene rings is 2. The van der Waals surface area contributed by atoms with Crippen molar-refractivity contribution >= 4 is 23.1 Å². The van der Waals surface area contributed by atoms with Crippen LogP contribution in [0.3, 0.4) is 0 Å². The number of hydrogen-bond donors (Lipinski definition) is 2. The average molecular weight is 339 g/mol. The molecule has 0 aliphatic carbocycles. The van der Waals surface area contributed by atoms with Gasteiger partial charge in [0, 0.05) is 25.2 Å². The van der Waals surface area contributed by atoms with Crippen molar-refractivity contribution in [3.05, 3.63) is 48.0 Å². The molecule has 6 heteroatoms. The number of rotatable bonds is 3. The summed E-state index contributed by atoms with van der Waals surface area (Å²) in [6.45, 7) is 3.77. The van der Waals surface area contributed by atoms with Crippen LogP contribution in [0.15, 0.2) is 42.5 Å². The Labute approximate surface area is 146 Å². The van der Waals surface area contributed by atoms with Gasteiger partial charge in [0.2, 0.25) is 0 Å². The number of carbonyl (C=O) groups is 1. The molecule has 2 aliphatic rings. The van der Waals surface area contributed by atoms with Gasteiger partial charge in [0.05, 0.1) is 31.2 Å². The molecule has 1 fully saturated rings. The van der Waals surface area contributed by atoms with Crippen LogP contribution in [-0.2, 0) is 11.2 Å². The number of nitrogens with one attached hydrogen (secondary N) is 2. The van der Waals surface area contributed by atoms with Crippen LogP contribution in [0, 0.1) is 0 Å². The highest BCUT2D eigenvalue weighted by atomic mass is 16.5. The molecule has 2 heterocycles. The lowest BCUT2D eigenvalue weighted by Crippen LogP contribution is -2.37. The van der Waals surface area contributed by atoms with E-state index in [1.165, 1.54) is 0 Å². The minimum atomic E-state index is -0.250. The van der Waals surface area contributed by atoms with Gasteiger partial charge in [-0.3, -0.25) is 0 Å². The Bertz CT molecular complexity index is 772. The Kier molecular flexibility index (Phi) is 4.43. The lowest BCUT2D eigenvalue weighted by Gasteiger charge is -2.30. The molecule has 1 saturated heterocycles. The van der Waals surface area contributed by atoms with Gasteiger partial charge in [-0.1, -0.05) is 12.1 Å². The largest absolute Gasteiger partial charge is 0.493 e. The Morgan fingerprint density at radius 1 is 1.00 bits per heavy atom. The molecule has 0 saturated carbocycles. The van der Waals surface area contributed by atoms with Crippen LogP contribution in [0.5, 0.6) is 5.75 Å². The van der Waals surface area contributed by atoms with Crippen molar-refractivity contribution < 1.29 is 14.3 Å². The standard InChI is InChI=1S/C19H21N3O3/c23-19(20-15-5-6-18-14(13-15)7-10-25-18)21-16-3-1-2-4-17(16)22-8-11-24-12-9-22/h1-6,13H,7-12H2,(H2,20,21,23). The highest BCUT2D eigenvalue weighted by Crippen LogP contribution is 2.29. The van der Waals surface area contributed by atoms with Gasteiger partial charge >= 0.3 is 6.03 Å². The molecule has 0 bridgehead atoms. The molecule has 0 aromatic heterocycles. The van der Waals surface area contributed by atoms with E-state index in [-0.39, 0.29) is 6.03 Å². The van der Waals surface area contributed by atoms with Crippen LogP contribution < -0.4 is 20.3 Å². The zero-order valence-corrected chi connectivity index (χ0v) is 14.0. The summed E-state index contributed by atoms with van der Waals surface area (Å²) in [6.07, 6.45) is 0.881. The van der Waals surface area contributed by atoms with E-state index >= 15 is 0 Å². The SMILES string of the molecule is O=C(Nc1ccc2c(c1)CCO2)Nc1ccccc1N1CCOCC1. The Hall–Kier alpha value is -2.73. The fourth-order valence-electron chi connectivity index (χ4n) is 3.21. The maximum Gasteiger partial charge on any atom is 0.323 e. The number of morpholine rings is 1. The van der Waals surface area contributed by atoms with Crippen LogP contribution in [0.1, 0.15) is 5.56 Å². The van der Waals surface area contributed by atoms with Gasteiger partial charge in [0.1, 0.15) is 5.75 Å². The van der Waals surface area contributed by atoms with E-state index < -0.39 is 0 Å². The zero-order chi connectivity index (χ0) is 17.1. The molecular formula is C19H21N3O3. The van der Waals surface area contributed by atoms with Crippen LogP contribution in [0.4, 0.5) is 21.9 Å². The molecule has 4 rings (SSSR count). The topological polar surface area (TPSA) is 62.8 Å². The molecule has 0 radical (unpaired) electrons. The zero-order valence-electron chi connectivity index (χ0n) is 14.0. The first-order valence-electron chi connectivity index (χ1n) is 8.55. The molecule has 2 N–H and O–H groups in total. The summed E-state index contributed by atoms with van der Waals surface area (Å²) in [5.41, 5.74) is 3.71. The summed E-state index contributed by atoms with van der Waals surface area (Å²) >= 11 is 0. The lowest BCUT2D eigenvalue weighted by atomic mass is 10.1. The van der Waals surface area contributed by atoms with Crippen molar-refractivity contribution in [1.29, 1.82) is 0 Å². The van der Waals surface area contributed by atoms with Gasteiger partial charge in [0.15, 0.2) is 0 Å². The first-order chi connectivity index (χ1) is 12.3. The van der Waals surface area contributed by atoms with E-state index in [1.54, 1.807) is 0 Å². The fraction of sp³-hybridized carbons (Fsp3) is 0.316. The van der Waals surface area contributed by atoms with E-state index in [0.29, 0.717) is 19.8 Å². The first-order valence-corrected chi connectivity index (χ1v) is 8.55. The van der Waals surface area contributed by atoms with Crippen LogP contribution in [0.25, 0.3) is 0 Å². The average Bonchev–Trinajstić information content (AvgIpc) is 3.10. The number of anilines is 3. The number of nitrogens with zero attached hydrogens (tertiary/aromatic N) is 1. The monoisotopic (exact) mass is 339 g/mol. The predicted octanol–water partition coefficient (Wildman–Crippen LogP) is 3.10. The number of ether oxygens (including phenoxy) is 2. The highest BCUT2D eigenvalue weighted by molar-refractivity contribution is 6.02.